The molecule has 2 aromatic rings. The van der Waals surface area contributed by atoms with E-state index in [1.54, 1.807) is 11.7 Å². The molecule has 2 aromatic heterocycles. The summed E-state index contributed by atoms with van der Waals surface area (Å²) in [5, 5.41) is 0. The molecule has 1 atom stereocenters. The predicted molar refractivity (Wildman–Crippen MR) is 91.6 cm³/mol. The first-order valence-corrected chi connectivity index (χ1v) is 8.88. The standard InChI is InChI=1S/C17H22N4OS/c1-13-16(23-12-19-13)17(22)21-8-4-7-20(9-10-21)14(2)15-5-3-6-18-11-15/h3,5-6,11-12,14H,4,7-10H2,1-2H3/t14-/m0/s1. The molecule has 1 aliphatic heterocycles. The van der Waals surface area contributed by atoms with Crippen LogP contribution in [0.5, 0.6) is 0 Å². The molecule has 0 N–H and O–H groups in total. The Morgan fingerprint density at radius 3 is 2.87 bits per heavy atom. The molecule has 6 heteroatoms. The summed E-state index contributed by atoms with van der Waals surface area (Å²) in [5.74, 6) is 0.126. The largest absolute Gasteiger partial charge is 0.337 e. The lowest BCUT2D eigenvalue weighted by Gasteiger charge is -2.27. The molecule has 0 unspecified atom stereocenters. The fourth-order valence-corrected chi connectivity index (χ4v) is 3.78. The number of carbonyl (C=O) groups is 1. The molecule has 0 radical (unpaired) electrons. The summed E-state index contributed by atoms with van der Waals surface area (Å²) in [6.07, 6.45) is 4.73. The maximum absolute atomic E-state index is 12.6. The lowest BCUT2D eigenvalue weighted by atomic mass is 10.1. The summed E-state index contributed by atoms with van der Waals surface area (Å²) in [5.41, 5.74) is 3.81. The number of aryl methyl sites for hydroxylation is 1. The molecule has 1 aliphatic rings. The summed E-state index contributed by atoms with van der Waals surface area (Å²) >= 11 is 1.44. The van der Waals surface area contributed by atoms with Crippen LogP contribution in [0, 0.1) is 6.92 Å². The Kier molecular flexibility index (Phi) is 5.03. The van der Waals surface area contributed by atoms with Crippen molar-refractivity contribution in [1.29, 1.82) is 0 Å². The van der Waals surface area contributed by atoms with Crippen LogP contribution in [0.4, 0.5) is 0 Å². The maximum Gasteiger partial charge on any atom is 0.265 e. The van der Waals surface area contributed by atoms with Crippen molar-refractivity contribution in [2.24, 2.45) is 0 Å². The van der Waals surface area contributed by atoms with E-state index in [0.29, 0.717) is 6.04 Å². The third-order valence-corrected chi connectivity index (χ3v) is 5.39. The maximum atomic E-state index is 12.6. The number of thiazole rings is 1. The van der Waals surface area contributed by atoms with E-state index in [1.165, 1.54) is 16.9 Å². The average molecular weight is 330 g/mol. The summed E-state index contributed by atoms with van der Waals surface area (Å²) in [7, 11) is 0. The average Bonchev–Trinajstić information content (AvgIpc) is 2.86. The van der Waals surface area contributed by atoms with Crippen LogP contribution in [0.2, 0.25) is 0 Å². The lowest BCUT2D eigenvalue weighted by molar-refractivity contribution is 0.0762. The van der Waals surface area contributed by atoms with Crippen molar-refractivity contribution in [2.45, 2.75) is 26.3 Å². The SMILES string of the molecule is Cc1ncsc1C(=O)N1CCCN([C@@H](C)c2cccnc2)CC1. The van der Waals surface area contributed by atoms with E-state index in [0.717, 1.165) is 43.2 Å². The van der Waals surface area contributed by atoms with Crippen LogP contribution >= 0.6 is 11.3 Å². The van der Waals surface area contributed by atoms with Crippen molar-refractivity contribution in [3.8, 4) is 0 Å². The quantitative estimate of drug-likeness (QED) is 0.868. The second-order valence-electron chi connectivity index (χ2n) is 5.91. The molecule has 0 bridgehead atoms. The van der Waals surface area contributed by atoms with Gasteiger partial charge in [0.15, 0.2) is 0 Å². The van der Waals surface area contributed by atoms with E-state index >= 15 is 0 Å². The Labute approximate surface area is 141 Å². The number of carbonyl (C=O) groups excluding carboxylic acids is 1. The number of aromatic nitrogens is 2. The molecular weight excluding hydrogens is 308 g/mol. The van der Waals surface area contributed by atoms with Gasteiger partial charge in [-0.05, 0) is 31.9 Å². The van der Waals surface area contributed by atoms with Gasteiger partial charge in [-0.2, -0.15) is 0 Å². The Hall–Kier alpha value is -1.79. The minimum absolute atomic E-state index is 0.126. The zero-order chi connectivity index (χ0) is 16.2. The third-order valence-electron chi connectivity index (χ3n) is 4.47. The van der Waals surface area contributed by atoms with Crippen molar-refractivity contribution >= 4 is 17.2 Å². The highest BCUT2D eigenvalue weighted by molar-refractivity contribution is 7.11. The van der Waals surface area contributed by atoms with Crippen molar-refractivity contribution in [1.82, 2.24) is 19.8 Å². The Bertz CT molecular complexity index is 658. The topological polar surface area (TPSA) is 49.3 Å². The van der Waals surface area contributed by atoms with Crippen LogP contribution in [-0.2, 0) is 0 Å². The van der Waals surface area contributed by atoms with Gasteiger partial charge in [-0.1, -0.05) is 6.07 Å². The molecule has 1 fully saturated rings. The van der Waals surface area contributed by atoms with Crippen LogP contribution in [0.3, 0.4) is 0 Å². The first-order chi connectivity index (χ1) is 11.2. The van der Waals surface area contributed by atoms with E-state index in [4.69, 9.17) is 0 Å². The van der Waals surface area contributed by atoms with Gasteiger partial charge in [0, 0.05) is 44.6 Å². The van der Waals surface area contributed by atoms with Crippen molar-refractivity contribution < 1.29 is 4.79 Å². The molecule has 0 saturated carbocycles. The van der Waals surface area contributed by atoms with Gasteiger partial charge in [0.05, 0.1) is 11.2 Å². The molecule has 3 rings (SSSR count). The minimum atomic E-state index is 0.126. The molecule has 23 heavy (non-hydrogen) atoms. The van der Waals surface area contributed by atoms with Crippen LogP contribution in [0.1, 0.15) is 40.3 Å². The van der Waals surface area contributed by atoms with E-state index in [2.05, 4.69) is 27.9 Å². The van der Waals surface area contributed by atoms with E-state index in [-0.39, 0.29) is 5.91 Å². The molecule has 3 heterocycles. The van der Waals surface area contributed by atoms with Crippen LogP contribution in [0.15, 0.2) is 30.0 Å². The van der Waals surface area contributed by atoms with Gasteiger partial charge >= 0.3 is 0 Å². The zero-order valence-electron chi connectivity index (χ0n) is 13.6. The number of hydrogen-bond acceptors (Lipinski definition) is 5. The molecule has 122 valence electrons. The fourth-order valence-electron chi connectivity index (χ4n) is 3.01. The van der Waals surface area contributed by atoms with Crippen molar-refractivity contribution in [3.63, 3.8) is 0 Å². The normalized spacial score (nSPS) is 17.7. The van der Waals surface area contributed by atoms with Crippen LogP contribution in [0.25, 0.3) is 0 Å². The van der Waals surface area contributed by atoms with Gasteiger partial charge in [0.25, 0.3) is 5.91 Å². The van der Waals surface area contributed by atoms with Gasteiger partial charge in [0.1, 0.15) is 4.88 Å². The van der Waals surface area contributed by atoms with E-state index < -0.39 is 0 Å². The number of rotatable bonds is 3. The molecule has 0 spiro atoms. The first-order valence-electron chi connectivity index (χ1n) is 8.00. The third kappa shape index (κ3) is 3.59. The molecular formula is C17H22N4OS. The van der Waals surface area contributed by atoms with Gasteiger partial charge in [-0.15, -0.1) is 11.3 Å². The van der Waals surface area contributed by atoms with E-state index in [1.807, 2.05) is 24.1 Å². The molecule has 1 amide bonds. The Balaban J connectivity index is 1.65. The Morgan fingerprint density at radius 1 is 1.30 bits per heavy atom. The zero-order valence-corrected chi connectivity index (χ0v) is 14.4. The summed E-state index contributed by atoms with van der Waals surface area (Å²) in [6.45, 7) is 7.58. The molecule has 1 saturated heterocycles. The number of hydrogen-bond donors (Lipinski definition) is 0. The van der Waals surface area contributed by atoms with Gasteiger partial charge in [-0.25, -0.2) is 4.98 Å². The second kappa shape index (κ2) is 7.19. The molecule has 5 nitrogen and oxygen atoms in total. The van der Waals surface area contributed by atoms with Crippen molar-refractivity contribution in [3.05, 3.63) is 46.2 Å². The summed E-state index contributed by atoms with van der Waals surface area (Å²) < 4.78 is 0. The first kappa shape index (κ1) is 16.1. The van der Waals surface area contributed by atoms with Gasteiger partial charge in [-0.3, -0.25) is 14.7 Å². The smallest absolute Gasteiger partial charge is 0.265 e. The number of amides is 1. The highest BCUT2D eigenvalue weighted by Crippen LogP contribution is 2.22. The highest BCUT2D eigenvalue weighted by atomic mass is 32.1. The van der Waals surface area contributed by atoms with Gasteiger partial charge in [0.2, 0.25) is 0 Å². The highest BCUT2D eigenvalue weighted by Gasteiger charge is 2.25. The minimum Gasteiger partial charge on any atom is -0.337 e. The number of nitrogens with zero attached hydrogens (tertiary/aromatic N) is 4. The van der Waals surface area contributed by atoms with Gasteiger partial charge < -0.3 is 4.90 Å². The summed E-state index contributed by atoms with van der Waals surface area (Å²) in [4.78, 5) is 26.2. The Morgan fingerprint density at radius 2 is 2.17 bits per heavy atom. The van der Waals surface area contributed by atoms with Crippen LogP contribution in [-0.4, -0.2) is 51.9 Å². The molecule has 0 aliphatic carbocycles. The lowest BCUT2D eigenvalue weighted by Crippen LogP contribution is -2.35. The fraction of sp³-hybridized carbons (Fsp3) is 0.471. The predicted octanol–water partition coefficient (Wildman–Crippen LogP) is 2.76. The monoisotopic (exact) mass is 330 g/mol. The number of pyridine rings is 1. The van der Waals surface area contributed by atoms with E-state index in [9.17, 15) is 4.79 Å². The van der Waals surface area contributed by atoms with Crippen LogP contribution < -0.4 is 0 Å². The van der Waals surface area contributed by atoms with Crippen molar-refractivity contribution in [2.75, 3.05) is 26.2 Å². The molecule has 0 aromatic carbocycles. The summed E-state index contributed by atoms with van der Waals surface area (Å²) in [6, 6.07) is 4.42. The second-order valence-corrected chi connectivity index (χ2v) is 6.77.